The molecule has 0 atom stereocenters. The molecular weight excluding hydrogens is 316 g/mol. The molecule has 25 heavy (non-hydrogen) atoms. The van der Waals surface area contributed by atoms with E-state index in [1.165, 1.54) is 5.56 Å². The highest BCUT2D eigenvalue weighted by atomic mass is 16.5. The van der Waals surface area contributed by atoms with E-state index in [0.717, 1.165) is 34.6 Å². The van der Waals surface area contributed by atoms with E-state index in [0.29, 0.717) is 12.4 Å². The van der Waals surface area contributed by atoms with Gasteiger partial charge in [-0.3, -0.25) is 0 Å². The zero-order valence-electron chi connectivity index (χ0n) is 14.1. The minimum atomic E-state index is 0.615. The maximum absolute atomic E-state index is 5.17. The molecule has 0 aliphatic heterocycles. The molecule has 2 aromatic heterocycles. The number of rotatable bonds is 5. The number of imidazole rings is 1. The second-order valence-electron chi connectivity index (χ2n) is 5.86. The predicted molar refractivity (Wildman–Crippen MR) is 94.3 cm³/mol. The van der Waals surface area contributed by atoms with E-state index in [4.69, 9.17) is 4.74 Å². The molecular formula is C18H18N6O. The highest BCUT2D eigenvalue weighted by Crippen LogP contribution is 2.20. The molecule has 0 aliphatic carbocycles. The minimum absolute atomic E-state index is 0.615. The molecule has 1 N–H and O–H groups in total. The molecule has 0 saturated heterocycles. The molecule has 0 unspecified atom stereocenters. The number of H-pyrrole nitrogens is 1. The van der Waals surface area contributed by atoms with E-state index in [9.17, 15) is 0 Å². The van der Waals surface area contributed by atoms with Gasteiger partial charge in [0.1, 0.15) is 11.6 Å². The molecule has 0 fully saturated rings. The second-order valence-corrected chi connectivity index (χ2v) is 5.86. The number of benzene rings is 2. The van der Waals surface area contributed by atoms with Gasteiger partial charge in [0.15, 0.2) is 0 Å². The molecule has 4 rings (SSSR count). The first-order chi connectivity index (χ1) is 12.2. The molecule has 0 radical (unpaired) electrons. The summed E-state index contributed by atoms with van der Waals surface area (Å²) in [5.41, 5.74) is 4.04. The topological polar surface area (TPSA) is 81.5 Å². The standard InChI is InChI=1S/C18H18N6O/c1-12-19-16-8-5-14(11-17(16)20-12)18-21-23-24(22-18)10-9-13-3-6-15(25-2)7-4-13/h3-8,11H,9-10H2,1-2H3,(H,19,20). The van der Waals surface area contributed by atoms with Crippen LogP contribution in [-0.2, 0) is 13.0 Å². The summed E-state index contributed by atoms with van der Waals surface area (Å²) in [5, 5.41) is 12.8. The normalized spacial score (nSPS) is 11.1. The van der Waals surface area contributed by atoms with Crippen LogP contribution in [0.1, 0.15) is 11.4 Å². The SMILES string of the molecule is COc1ccc(CCn2nnc(-c3ccc4nc(C)[nH]c4c3)n2)cc1. The van der Waals surface area contributed by atoms with Crippen molar-refractivity contribution in [3.8, 4) is 17.1 Å². The number of nitrogens with zero attached hydrogens (tertiary/aromatic N) is 5. The van der Waals surface area contributed by atoms with Crippen molar-refractivity contribution in [1.82, 2.24) is 30.2 Å². The number of aromatic nitrogens is 6. The van der Waals surface area contributed by atoms with Crippen molar-refractivity contribution < 1.29 is 4.74 Å². The summed E-state index contributed by atoms with van der Waals surface area (Å²) < 4.78 is 5.17. The van der Waals surface area contributed by atoms with Crippen LogP contribution in [0.15, 0.2) is 42.5 Å². The highest BCUT2D eigenvalue weighted by molar-refractivity contribution is 5.80. The molecule has 4 aromatic rings. The van der Waals surface area contributed by atoms with E-state index in [-0.39, 0.29) is 0 Å². The second kappa shape index (κ2) is 6.35. The lowest BCUT2D eigenvalue weighted by molar-refractivity contribution is 0.414. The molecule has 0 aliphatic rings. The number of fused-ring (bicyclic) bond motifs is 1. The fourth-order valence-electron chi connectivity index (χ4n) is 2.75. The van der Waals surface area contributed by atoms with E-state index in [1.54, 1.807) is 11.9 Å². The van der Waals surface area contributed by atoms with E-state index in [2.05, 4.69) is 25.4 Å². The van der Waals surface area contributed by atoms with Crippen molar-refractivity contribution in [3.63, 3.8) is 0 Å². The summed E-state index contributed by atoms with van der Waals surface area (Å²) in [4.78, 5) is 9.26. The molecule has 7 heteroatoms. The van der Waals surface area contributed by atoms with Crippen LogP contribution in [0.25, 0.3) is 22.4 Å². The fourth-order valence-corrected chi connectivity index (χ4v) is 2.75. The van der Waals surface area contributed by atoms with Crippen molar-refractivity contribution in [2.45, 2.75) is 19.9 Å². The zero-order valence-corrected chi connectivity index (χ0v) is 14.1. The molecule has 2 heterocycles. The molecule has 7 nitrogen and oxygen atoms in total. The summed E-state index contributed by atoms with van der Waals surface area (Å²) in [5.74, 6) is 2.36. The predicted octanol–water partition coefficient (Wildman–Crippen LogP) is 2.78. The smallest absolute Gasteiger partial charge is 0.204 e. The van der Waals surface area contributed by atoms with Crippen LogP contribution in [0.5, 0.6) is 5.75 Å². The zero-order chi connectivity index (χ0) is 17.2. The number of hydrogen-bond acceptors (Lipinski definition) is 5. The Balaban J connectivity index is 1.48. The van der Waals surface area contributed by atoms with Gasteiger partial charge in [0.25, 0.3) is 0 Å². The van der Waals surface area contributed by atoms with E-state index in [1.807, 2.05) is 49.4 Å². The van der Waals surface area contributed by atoms with Gasteiger partial charge in [-0.1, -0.05) is 12.1 Å². The maximum atomic E-state index is 5.17. The third-order valence-electron chi connectivity index (χ3n) is 4.07. The Morgan fingerprint density at radius 1 is 1.12 bits per heavy atom. The lowest BCUT2D eigenvalue weighted by Crippen LogP contribution is -2.05. The molecule has 0 amide bonds. The Kier molecular flexibility index (Phi) is 3.89. The number of nitrogens with one attached hydrogen (secondary N) is 1. The maximum Gasteiger partial charge on any atom is 0.204 e. The van der Waals surface area contributed by atoms with Gasteiger partial charge in [-0.15, -0.1) is 10.2 Å². The molecule has 0 bridgehead atoms. The first kappa shape index (κ1) is 15.3. The van der Waals surface area contributed by atoms with E-state index < -0.39 is 0 Å². The Morgan fingerprint density at radius 2 is 1.96 bits per heavy atom. The number of aromatic amines is 1. The van der Waals surface area contributed by atoms with Gasteiger partial charge in [0.2, 0.25) is 5.82 Å². The van der Waals surface area contributed by atoms with Gasteiger partial charge < -0.3 is 9.72 Å². The van der Waals surface area contributed by atoms with Gasteiger partial charge in [-0.25, -0.2) is 4.98 Å². The highest BCUT2D eigenvalue weighted by Gasteiger charge is 2.08. The number of tetrazole rings is 1. The summed E-state index contributed by atoms with van der Waals surface area (Å²) in [6.45, 7) is 2.61. The Hall–Kier alpha value is -3.22. The first-order valence-corrected chi connectivity index (χ1v) is 8.09. The van der Waals surface area contributed by atoms with Crippen molar-refractivity contribution >= 4 is 11.0 Å². The summed E-state index contributed by atoms with van der Waals surface area (Å²) in [7, 11) is 1.66. The van der Waals surface area contributed by atoms with Gasteiger partial charge in [-0.2, -0.15) is 4.80 Å². The van der Waals surface area contributed by atoms with Gasteiger partial charge in [-0.05, 0) is 54.5 Å². The van der Waals surface area contributed by atoms with Crippen LogP contribution >= 0.6 is 0 Å². The van der Waals surface area contributed by atoms with Crippen molar-refractivity contribution in [3.05, 3.63) is 53.9 Å². The quantitative estimate of drug-likeness (QED) is 0.607. The largest absolute Gasteiger partial charge is 0.497 e. The molecule has 126 valence electrons. The van der Waals surface area contributed by atoms with Gasteiger partial charge in [0, 0.05) is 5.56 Å². The van der Waals surface area contributed by atoms with Crippen LogP contribution < -0.4 is 4.74 Å². The average Bonchev–Trinajstić information content (AvgIpc) is 3.25. The van der Waals surface area contributed by atoms with Crippen molar-refractivity contribution in [1.29, 1.82) is 0 Å². The lowest BCUT2D eigenvalue weighted by Gasteiger charge is -2.02. The molecule has 2 aromatic carbocycles. The number of aryl methyl sites for hydroxylation is 3. The monoisotopic (exact) mass is 334 g/mol. The first-order valence-electron chi connectivity index (χ1n) is 8.09. The van der Waals surface area contributed by atoms with Crippen LogP contribution in [0, 0.1) is 6.92 Å². The van der Waals surface area contributed by atoms with Crippen LogP contribution in [0.3, 0.4) is 0 Å². The summed E-state index contributed by atoms with van der Waals surface area (Å²) in [6.07, 6.45) is 0.832. The van der Waals surface area contributed by atoms with Gasteiger partial charge >= 0.3 is 0 Å². The molecule has 0 saturated carbocycles. The van der Waals surface area contributed by atoms with Crippen molar-refractivity contribution in [2.24, 2.45) is 0 Å². The average molecular weight is 334 g/mol. The van der Waals surface area contributed by atoms with E-state index >= 15 is 0 Å². The Bertz CT molecular complexity index is 1000. The summed E-state index contributed by atoms with van der Waals surface area (Å²) in [6, 6.07) is 13.9. The van der Waals surface area contributed by atoms with Crippen LogP contribution in [0.2, 0.25) is 0 Å². The Morgan fingerprint density at radius 3 is 2.76 bits per heavy atom. The Labute approximate surface area is 144 Å². The number of methoxy groups -OCH3 is 1. The minimum Gasteiger partial charge on any atom is -0.497 e. The van der Waals surface area contributed by atoms with Crippen molar-refractivity contribution in [2.75, 3.05) is 7.11 Å². The number of ether oxygens (including phenoxy) is 1. The fraction of sp³-hybridized carbons (Fsp3) is 0.222. The van der Waals surface area contributed by atoms with Crippen LogP contribution in [-0.4, -0.2) is 37.3 Å². The third-order valence-corrected chi connectivity index (χ3v) is 4.07. The lowest BCUT2D eigenvalue weighted by atomic mass is 10.1. The summed E-state index contributed by atoms with van der Waals surface area (Å²) >= 11 is 0. The molecule has 0 spiro atoms. The third kappa shape index (κ3) is 3.21. The van der Waals surface area contributed by atoms with Gasteiger partial charge in [0.05, 0.1) is 24.7 Å². The number of hydrogen-bond donors (Lipinski definition) is 1. The van der Waals surface area contributed by atoms with Crippen LogP contribution in [0.4, 0.5) is 0 Å².